The summed E-state index contributed by atoms with van der Waals surface area (Å²) in [4.78, 5) is 10.1. The molecule has 0 fully saturated rings. The Labute approximate surface area is 101 Å². The van der Waals surface area contributed by atoms with Crippen molar-refractivity contribution in [3.05, 3.63) is 32.5 Å². The summed E-state index contributed by atoms with van der Waals surface area (Å²) < 4.78 is 0. The summed E-state index contributed by atoms with van der Waals surface area (Å²) in [6.07, 6.45) is 1.16. The molecule has 0 unspecified atom stereocenters. The van der Waals surface area contributed by atoms with Gasteiger partial charge in [-0.15, -0.1) is 0 Å². The predicted molar refractivity (Wildman–Crippen MR) is 66.8 cm³/mol. The summed E-state index contributed by atoms with van der Waals surface area (Å²) in [6, 6.07) is 0. The van der Waals surface area contributed by atoms with Crippen LogP contribution in [0.3, 0.4) is 0 Å². The molecule has 1 rings (SSSR count). The third kappa shape index (κ3) is 1.93. The number of hydrogen-bond donors (Lipinski definition) is 0. The Balaban J connectivity index is 3.35. The van der Waals surface area contributed by atoms with Gasteiger partial charge in [-0.1, -0.05) is 48.3 Å². The van der Waals surface area contributed by atoms with Crippen molar-refractivity contribution in [3.8, 4) is 0 Å². The molecule has 0 spiro atoms. The molecule has 0 atom stereocenters. The Morgan fingerprint density at radius 1 is 1.43 bits per heavy atom. The van der Waals surface area contributed by atoms with Gasteiger partial charge in [0.25, 0.3) is 5.70 Å². The van der Waals surface area contributed by atoms with Crippen molar-refractivity contribution >= 4 is 63.4 Å². The lowest BCUT2D eigenvalue weighted by atomic mass is 10.0. The molecule has 0 aromatic carbocycles. The fourth-order valence-corrected chi connectivity index (χ4v) is 2.07. The summed E-state index contributed by atoms with van der Waals surface area (Å²) in [5.74, 6) is 0. The Morgan fingerprint density at radius 3 is 2.43 bits per heavy atom. The van der Waals surface area contributed by atoms with Gasteiger partial charge in [-0.05, 0) is 0 Å². The van der Waals surface area contributed by atoms with Crippen LogP contribution in [-0.4, -0.2) is 20.0 Å². The molecule has 0 amide bonds. The quantitative estimate of drug-likeness (QED) is 0.435. The summed E-state index contributed by atoms with van der Waals surface area (Å²) in [5.41, 5.74) is 0.142. The molecular formula is C7H2ClNO2S3. The van der Waals surface area contributed by atoms with Gasteiger partial charge in [0.05, 0.1) is 14.8 Å². The van der Waals surface area contributed by atoms with E-state index in [1.165, 1.54) is 5.37 Å². The van der Waals surface area contributed by atoms with Crippen LogP contribution in [0.15, 0.2) is 22.4 Å². The Morgan fingerprint density at radius 2 is 2.00 bits per heavy atom. The van der Waals surface area contributed by atoms with Crippen molar-refractivity contribution in [2.45, 2.75) is 0 Å². The highest BCUT2D eigenvalue weighted by Crippen LogP contribution is 2.23. The first kappa shape index (κ1) is 11.5. The molecular weight excluding hydrogens is 262 g/mol. The van der Waals surface area contributed by atoms with E-state index in [9.17, 15) is 10.1 Å². The van der Waals surface area contributed by atoms with Crippen LogP contribution in [0.25, 0.3) is 0 Å². The number of allylic oxidation sites excluding steroid dienone is 4. The topological polar surface area (TPSA) is 43.1 Å². The SMILES string of the molecule is O=[N+]([O-])C1=CC(Cl)=C(C=S)C(=S)C1=S. The molecule has 7 heteroatoms. The van der Waals surface area contributed by atoms with Gasteiger partial charge in [-0.2, -0.15) is 0 Å². The third-order valence-corrected chi connectivity index (χ3v) is 3.03. The Kier molecular flexibility index (Phi) is 3.54. The zero-order valence-electron chi connectivity index (χ0n) is 6.52. The minimum absolute atomic E-state index is 0.00509. The van der Waals surface area contributed by atoms with Crippen LogP contribution in [-0.2, 0) is 0 Å². The smallest absolute Gasteiger partial charge is 0.258 e. The lowest BCUT2D eigenvalue weighted by molar-refractivity contribution is -0.414. The second kappa shape index (κ2) is 4.31. The van der Waals surface area contributed by atoms with E-state index in [2.05, 4.69) is 12.2 Å². The highest BCUT2D eigenvalue weighted by Gasteiger charge is 2.28. The van der Waals surface area contributed by atoms with Gasteiger partial charge >= 0.3 is 0 Å². The lowest BCUT2D eigenvalue weighted by Crippen LogP contribution is -2.23. The molecule has 0 N–H and O–H groups in total. The maximum Gasteiger partial charge on any atom is 0.290 e. The average molecular weight is 264 g/mol. The van der Waals surface area contributed by atoms with Crippen molar-refractivity contribution < 1.29 is 4.92 Å². The molecule has 0 aliphatic heterocycles. The van der Waals surface area contributed by atoms with Crippen molar-refractivity contribution in [2.24, 2.45) is 0 Å². The zero-order valence-corrected chi connectivity index (χ0v) is 9.73. The van der Waals surface area contributed by atoms with E-state index in [0.29, 0.717) is 5.57 Å². The fraction of sp³-hybridized carbons (Fsp3) is 0. The zero-order chi connectivity index (χ0) is 10.9. The van der Waals surface area contributed by atoms with E-state index in [1.807, 2.05) is 0 Å². The molecule has 0 heterocycles. The van der Waals surface area contributed by atoms with Crippen LogP contribution in [0.4, 0.5) is 0 Å². The first-order valence-electron chi connectivity index (χ1n) is 3.29. The van der Waals surface area contributed by atoms with E-state index in [1.54, 1.807) is 0 Å². The molecule has 0 aromatic heterocycles. The van der Waals surface area contributed by atoms with E-state index >= 15 is 0 Å². The standard InChI is InChI=1S/C7H2ClNO2S3/c8-4-1-5(9(10)11)7(14)6(13)3(4)2-12/h1-2H. The summed E-state index contributed by atoms with van der Waals surface area (Å²) in [7, 11) is 0. The van der Waals surface area contributed by atoms with Gasteiger partial charge in [-0.25, -0.2) is 0 Å². The van der Waals surface area contributed by atoms with Crippen molar-refractivity contribution in [3.63, 3.8) is 0 Å². The first-order chi connectivity index (χ1) is 6.49. The third-order valence-electron chi connectivity index (χ3n) is 1.52. The lowest BCUT2D eigenvalue weighted by Gasteiger charge is -2.10. The molecule has 0 saturated heterocycles. The largest absolute Gasteiger partial charge is 0.290 e. The predicted octanol–water partition coefficient (Wildman–Crippen LogP) is 2.39. The molecule has 0 radical (unpaired) electrons. The normalized spacial score (nSPS) is 16.8. The van der Waals surface area contributed by atoms with Gasteiger partial charge in [0.15, 0.2) is 0 Å². The fourth-order valence-electron chi connectivity index (χ4n) is 0.856. The van der Waals surface area contributed by atoms with Crippen molar-refractivity contribution in [2.75, 3.05) is 0 Å². The molecule has 14 heavy (non-hydrogen) atoms. The number of halogens is 1. The van der Waals surface area contributed by atoms with Crippen LogP contribution in [0.5, 0.6) is 0 Å². The second-order valence-electron chi connectivity index (χ2n) is 2.32. The van der Waals surface area contributed by atoms with E-state index in [4.69, 9.17) is 36.0 Å². The van der Waals surface area contributed by atoms with Gasteiger partial charge in [0.2, 0.25) is 0 Å². The number of nitro groups is 1. The van der Waals surface area contributed by atoms with E-state index in [0.717, 1.165) is 6.08 Å². The van der Waals surface area contributed by atoms with Crippen LogP contribution < -0.4 is 0 Å². The van der Waals surface area contributed by atoms with Crippen molar-refractivity contribution in [1.82, 2.24) is 0 Å². The highest BCUT2D eigenvalue weighted by molar-refractivity contribution is 7.90. The van der Waals surface area contributed by atoms with Gasteiger partial charge in [0.1, 0.15) is 4.86 Å². The van der Waals surface area contributed by atoms with Gasteiger partial charge in [-0.3, -0.25) is 10.1 Å². The van der Waals surface area contributed by atoms with Crippen LogP contribution in [0, 0.1) is 10.1 Å². The minimum Gasteiger partial charge on any atom is -0.258 e. The highest BCUT2D eigenvalue weighted by atomic mass is 35.5. The van der Waals surface area contributed by atoms with Crippen LogP contribution >= 0.6 is 48.3 Å². The Bertz CT molecular complexity index is 425. The van der Waals surface area contributed by atoms with Gasteiger partial charge < -0.3 is 0 Å². The van der Waals surface area contributed by atoms with Crippen LogP contribution in [0.2, 0.25) is 0 Å². The maximum atomic E-state index is 10.5. The average Bonchev–Trinajstić information content (AvgIpc) is 2.12. The summed E-state index contributed by atoms with van der Waals surface area (Å²) >= 11 is 20.1. The molecule has 0 saturated carbocycles. The number of thiocarbonyl (C=S) groups is 3. The molecule has 3 nitrogen and oxygen atoms in total. The van der Waals surface area contributed by atoms with Crippen LogP contribution in [0.1, 0.15) is 0 Å². The molecule has 0 bridgehead atoms. The summed E-state index contributed by atoms with van der Waals surface area (Å²) in [6.45, 7) is 0. The number of nitrogens with zero attached hydrogens (tertiary/aromatic N) is 1. The van der Waals surface area contributed by atoms with Gasteiger partial charge in [0, 0.05) is 17.0 Å². The molecule has 0 aromatic rings. The monoisotopic (exact) mass is 263 g/mol. The molecule has 1 aliphatic carbocycles. The second-order valence-corrected chi connectivity index (χ2v) is 3.78. The molecule has 1 aliphatic rings. The Hall–Kier alpha value is -0.560. The number of rotatable bonds is 2. The summed E-state index contributed by atoms with van der Waals surface area (Å²) in [5, 5.41) is 11.9. The van der Waals surface area contributed by atoms with E-state index in [-0.39, 0.29) is 20.5 Å². The first-order valence-corrected chi connectivity index (χ1v) is 4.95. The maximum absolute atomic E-state index is 10.5. The minimum atomic E-state index is -0.614. The van der Waals surface area contributed by atoms with Crippen molar-refractivity contribution in [1.29, 1.82) is 0 Å². The number of hydrogen-bond acceptors (Lipinski definition) is 5. The molecule has 72 valence electrons. The van der Waals surface area contributed by atoms with E-state index < -0.39 is 4.92 Å².